The van der Waals surface area contributed by atoms with Crippen LogP contribution >= 0.6 is 0 Å². The normalized spacial score (nSPS) is 20.0. The second-order valence-electron chi connectivity index (χ2n) is 5.11. The van der Waals surface area contributed by atoms with E-state index < -0.39 is 42.8 Å². The number of carboxylic acids is 3. The van der Waals surface area contributed by atoms with Gasteiger partial charge in [0.15, 0.2) is 0 Å². The molecule has 0 aliphatic carbocycles. The van der Waals surface area contributed by atoms with E-state index in [0.29, 0.717) is 19.6 Å². The number of hydrogen-bond donors (Lipinski definition) is 5. The highest BCUT2D eigenvalue weighted by molar-refractivity contribution is 5.74. The van der Waals surface area contributed by atoms with Crippen molar-refractivity contribution in [3.05, 3.63) is 0 Å². The lowest BCUT2D eigenvalue weighted by Gasteiger charge is -2.41. The van der Waals surface area contributed by atoms with Crippen molar-refractivity contribution < 1.29 is 29.7 Å². The van der Waals surface area contributed by atoms with E-state index in [-0.39, 0.29) is 13.1 Å². The molecule has 1 aliphatic heterocycles. The van der Waals surface area contributed by atoms with Gasteiger partial charge in [-0.05, 0) is 0 Å². The third-order valence-electron chi connectivity index (χ3n) is 3.45. The van der Waals surface area contributed by atoms with Gasteiger partial charge in [0.05, 0.1) is 24.9 Å². The van der Waals surface area contributed by atoms with Crippen LogP contribution in [0, 0.1) is 0 Å². The molecule has 0 unspecified atom stereocenters. The van der Waals surface area contributed by atoms with Crippen LogP contribution in [0.25, 0.3) is 0 Å². The Morgan fingerprint density at radius 3 is 2.00 bits per heavy atom. The van der Waals surface area contributed by atoms with E-state index in [0.717, 1.165) is 0 Å². The van der Waals surface area contributed by atoms with E-state index in [1.165, 1.54) is 4.90 Å². The fraction of sp³-hybridized carbons (Fsp3) is 0.750. The Morgan fingerprint density at radius 1 is 0.905 bits per heavy atom. The molecule has 9 heteroatoms. The summed E-state index contributed by atoms with van der Waals surface area (Å²) in [5.41, 5.74) is -1.26. The fourth-order valence-electron chi connectivity index (χ4n) is 2.57. The van der Waals surface area contributed by atoms with Crippen molar-refractivity contribution in [3.8, 4) is 0 Å². The molecule has 0 spiro atoms. The third kappa shape index (κ3) is 5.66. The molecule has 0 aromatic rings. The maximum atomic E-state index is 11.2. The highest BCUT2D eigenvalue weighted by Gasteiger charge is 2.41. The summed E-state index contributed by atoms with van der Waals surface area (Å²) in [6.45, 7) is 1.66. The number of hydrogen-bond acceptors (Lipinski definition) is 6. The number of nitrogens with one attached hydrogen (secondary N) is 2. The van der Waals surface area contributed by atoms with Gasteiger partial charge in [0, 0.05) is 32.7 Å². The van der Waals surface area contributed by atoms with Crippen LogP contribution in [0.4, 0.5) is 0 Å². The Hall–Kier alpha value is -1.71. The predicted octanol–water partition coefficient (Wildman–Crippen LogP) is -1.75. The molecule has 0 bridgehead atoms. The van der Waals surface area contributed by atoms with Crippen molar-refractivity contribution in [1.29, 1.82) is 0 Å². The quantitative estimate of drug-likeness (QED) is 0.386. The van der Waals surface area contributed by atoms with Gasteiger partial charge in [0.1, 0.15) is 0 Å². The third-order valence-corrected chi connectivity index (χ3v) is 3.45. The molecule has 1 heterocycles. The van der Waals surface area contributed by atoms with Gasteiger partial charge >= 0.3 is 17.9 Å². The molecule has 21 heavy (non-hydrogen) atoms. The zero-order chi connectivity index (χ0) is 15.9. The van der Waals surface area contributed by atoms with Crippen LogP contribution in [0.3, 0.4) is 0 Å². The van der Waals surface area contributed by atoms with E-state index in [1.807, 2.05) is 0 Å². The first kappa shape index (κ1) is 17.3. The maximum absolute atomic E-state index is 11.2. The van der Waals surface area contributed by atoms with Crippen molar-refractivity contribution in [2.45, 2.75) is 18.4 Å². The summed E-state index contributed by atoms with van der Waals surface area (Å²) < 4.78 is 0. The molecule has 5 N–H and O–H groups in total. The highest BCUT2D eigenvalue weighted by atomic mass is 16.4. The lowest BCUT2D eigenvalue weighted by molar-refractivity contribution is -0.150. The van der Waals surface area contributed by atoms with Gasteiger partial charge in [0.2, 0.25) is 0 Å². The fourth-order valence-corrected chi connectivity index (χ4v) is 2.57. The summed E-state index contributed by atoms with van der Waals surface area (Å²) >= 11 is 0. The van der Waals surface area contributed by atoms with E-state index in [2.05, 4.69) is 10.6 Å². The summed E-state index contributed by atoms with van der Waals surface area (Å²) in [5.74, 6) is -3.42. The van der Waals surface area contributed by atoms with Crippen molar-refractivity contribution in [3.63, 3.8) is 0 Å². The topological polar surface area (TPSA) is 139 Å². The first-order valence-corrected chi connectivity index (χ1v) is 6.67. The molecule has 1 saturated heterocycles. The monoisotopic (exact) mass is 303 g/mol. The number of nitrogens with zero attached hydrogens (tertiary/aromatic N) is 1. The van der Waals surface area contributed by atoms with E-state index in [9.17, 15) is 14.4 Å². The second kappa shape index (κ2) is 7.91. The minimum absolute atomic E-state index is 0.112. The van der Waals surface area contributed by atoms with Crippen molar-refractivity contribution >= 4 is 17.9 Å². The molecule has 0 aromatic heterocycles. The number of carboxylic acid groups (broad SMARTS) is 3. The molecule has 120 valence electrons. The van der Waals surface area contributed by atoms with Crippen LogP contribution in [-0.4, -0.2) is 82.9 Å². The van der Waals surface area contributed by atoms with Gasteiger partial charge in [0.25, 0.3) is 0 Å². The average molecular weight is 303 g/mol. The van der Waals surface area contributed by atoms with Gasteiger partial charge in [-0.25, -0.2) is 0 Å². The minimum atomic E-state index is -1.26. The van der Waals surface area contributed by atoms with Crippen LogP contribution in [0.2, 0.25) is 0 Å². The molecule has 0 atom stereocenters. The largest absolute Gasteiger partial charge is 0.481 e. The summed E-state index contributed by atoms with van der Waals surface area (Å²) in [6.07, 6.45) is -0.862. The summed E-state index contributed by atoms with van der Waals surface area (Å²) in [7, 11) is 0. The summed E-state index contributed by atoms with van der Waals surface area (Å²) in [5, 5.41) is 33.3. The predicted molar refractivity (Wildman–Crippen MR) is 72.2 cm³/mol. The van der Waals surface area contributed by atoms with Gasteiger partial charge < -0.3 is 26.0 Å². The number of rotatable bonds is 6. The lowest BCUT2D eigenvalue weighted by Crippen LogP contribution is -2.59. The van der Waals surface area contributed by atoms with Crippen molar-refractivity contribution in [1.82, 2.24) is 15.5 Å². The summed E-state index contributed by atoms with van der Waals surface area (Å²) in [4.78, 5) is 34.8. The van der Waals surface area contributed by atoms with Gasteiger partial charge in [-0.15, -0.1) is 0 Å². The second-order valence-corrected chi connectivity index (χ2v) is 5.11. The van der Waals surface area contributed by atoms with Crippen LogP contribution in [0.5, 0.6) is 0 Å². The Morgan fingerprint density at radius 2 is 1.48 bits per heavy atom. The lowest BCUT2D eigenvalue weighted by atomic mass is 9.88. The molecule has 0 saturated carbocycles. The van der Waals surface area contributed by atoms with Gasteiger partial charge in [-0.1, -0.05) is 0 Å². The van der Waals surface area contributed by atoms with Gasteiger partial charge in [-0.3, -0.25) is 19.3 Å². The van der Waals surface area contributed by atoms with Crippen LogP contribution < -0.4 is 10.6 Å². The molecular formula is C12H21N3O6. The van der Waals surface area contributed by atoms with Crippen LogP contribution in [0.1, 0.15) is 12.8 Å². The first-order valence-electron chi connectivity index (χ1n) is 6.67. The zero-order valence-corrected chi connectivity index (χ0v) is 11.7. The minimum Gasteiger partial charge on any atom is -0.481 e. The molecule has 9 nitrogen and oxygen atoms in total. The molecular weight excluding hydrogens is 282 g/mol. The maximum Gasteiger partial charge on any atom is 0.317 e. The molecule has 1 rings (SSSR count). The van der Waals surface area contributed by atoms with E-state index in [1.54, 1.807) is 0 Å². The van der Waals surface area contributed by atoms with Crippen LogP contribution in [0.15, 0.2) is 0 Å². The Bertz CT molecular complexity index is 384. The van der Waals surface area contributed by atoms with Crippen molar-refractivity contribution in [2.75, 3.05) is 39.3 Å². The number of aliphatic carboxylic acids is 3. The standard InChI is InChI=1S/C12H21N3O6/c16-9(17)5-12(6-10(18)19)8-14-2-1-13-3-4-15(12)7-11(20)21/h13-14H,1-8H2,(H,16,17)(H,18,19)(H,20,21). The smallest absolute Gasteiger partial charge is 0.317 e. The summed E-state index contributed by atoms with van der Waals surface area (Å²) in [6, 6.07) is 0. The molecule has 0 amide bonds. The Kier molecular flexibility index (Phi) is 6.53. The Labute approximate surface area is 121 Å². The molecule has 0 aromatic carbocycles. The molecule has 1 fully saturated rings. The Balaban J connectivity index is 3.10. The van der Waals surface area contributed by atoms with Crippen molar-refractivity contribution in [2.24, 2.45) is 0 Å². The number of carbonyl (C=O) groups is 3. The molecule has 0 radical (unpaired) electrons. The highest BCUT2D eigenvalue weighted by Crippen LogP contribution is 2.24. The average Bonchev–Trinajstić information content (AvgIpc) is 2.40. The SMILES string of the molecule is O=C(O)CN1CCNCCNCC1(CC(=O)O)CC(=O)O. The van der Waals surface area contributed by atoms with E-state index >= 15 is 0 Å². The van der Waals surface area contributed by atoms with E-state index in [4.69, 9.17) is 15.3 Å². The zero-order valence-electron chi connectivity index (χ0n) is 11.7. The van der Waals surface area contributed by atoms with Gasteiger partial charge in [-0.2, -0.15) is 0 Å². The first-order chi connectivity index (χ1) is 9.85. The molecule has 1 aliphatic rings. The van der Waals surface area contributed by atoms with Crippen LogP contribution in [-0.2, 0) is 14.4 Å².